The first-order chi connectivity index (χ1) is 9.22. The third kappa shape index (κ3) is 3.28. The van der Waals surface area contributed by atoms with E-state index in [2.05, 4.69) is 18.3 Å². The summed E-state index contributed by atoms with van der Waals surface area (Å²) in [5.41, 5.74) is 1.34. The second-order valence-electron chi connectivity index (χ2n) is 5.36. The summed E-state index contributed by atoms with van der Waals surface area (Å²) in [6.45, 7) is 2.83. The van der Waals surface area contributed by atoms with Crippen molar-refractivity contribution in [2.45, 2.75) is 44.4 Å². The number of para-hydroxylation sites is 1. The molecule has 0 aromatic heterocycles. The van der Waals surface area contributed by atoms with Crippen molar-refractivity contribution in [1.82, 2.24) is 5.32 Å². The molecule has 1 amide bonds. The summed E-state index contributed by atoms with van der Waals surface area (Å²) in [5, 5.41) is 3.08. The minimum absolute atomic E-state index is 0.106. The molecule has 104 valence electrons. The number of unbranched alkanes of at least 4 members (excludes halogenated alkanes) is 1. The van der Waals surface area contributed by atoms with Crippen LogP contribution in [0.15, 0.2) is 24.3 Å². The van der Waals surface area contributed by atoms with Crippen LogP contribution in [0.1, 0.15) is 44.6 Å². The van der Waals surface area contributed by atoms with Crippen LogP contribution < -0.4 is 10.1 Å². The maximum absolute atomic E-state index is 11.7. The van der Waals surface area contributed by atoms with Crippen molar-refractivity contribution in [3.05, 3.63) is 29.8 Å². The lowest BCUT2D eigenvalue weighted by molar-refractivity contribution is -0.121. The summed E-state index contributed by atoms with van der Waals surface area (Å²) in [4.78, 5) is 11.7. The second-order valence-corrected chi connectivity index (χ2v) is 5.36. The molecule has 0 aliphatic heterocycles. The minimum Gasteiger partial charge on any atom is -0.496 e. The monoisotopic (exact) mass is 261 g/mol. The highest BCUT2D eigenvalue weighted by Gasteiger charge is 2.46. The lowest BCUT2D eigenvalue weighted by Gasteiger charge is -2.19. The van der Waals surface area contributed by atoms with Crippen molar-refractivity contribution in [2.24, 2.45) is 0 Å². The van der Waals surface area contributed by atoms with E-state index in [1.54, 1.807) is 7.11 Å². The lowest BCUT2D eigenvalue weighted by Crippen LogP contribution is -2.32. The van der Waals surface area contributed by atoms with Gasteiger partial charge in [-0.05, 0) is 25.3 Å². The van der Waals surface area contributed by atoms with Crippen LogP contribution in [0.2, 0.25) is 0 Å². The number of hydrogen-bond donors (Lipinski definition) is 1. The molecule has 1 aliphatic carbocycles. The van der Waals surface area contributed by atoms with Gasteiger partial charge in [-0.15, -0.1) is 0 Å². The van der Waals surface area contributed by atoms with E-state index < -0.39 is 0 Å². The van der Waals surface area contributed by atoms with Crippen LogP contribution in [-0.2, 0) is 10.2 Å². The third-order valence-electron chi connectivity index (χ3n) is 3.91. The molecule has 0 spiro atoms. The Balaban J connectivity index is 1.97. The van der Waals surface area contributed by atoms with Crippen LogP contribution in [-0.4, -0.2) is 19.6 Å². The van der Waals surface area contributed by atoms with Gasteiger partial charge in [-0.3, -0.25) is 4.79 Å². The maximum atomic E-state index is 11.7. The van der Waals surface area contributed by atoms with Crippen molar-refractivity contribution < 1.29 is 9.53 Å². The van der Waals surface area contributed by atoms with Crippen LogP contribution in [0.4, 0.5) is 0 Å². The Bertz CT molecular complexity index is 438. The lowest BCUT2D eigenvalue weighted by atomic mass is 9.95. The number of carbonyl (C=O) groups excluding carboxylic acids is 1. The number of ether oxygens (including phenoxy) is 1. The largest absolute Gasteiger partial charge is 0.496 e. The Morgan fingerprint density at radius 2 is 2.11 bits per heavy atom. The molecule has 0 atom stereocenters. The highest BCUT2D eigenvalue weighted by molar-refractivity contribution is 5.76. The van der Waals surface area contributed by atoms with Gasteiger partial charge in [-0.1, -0.05) is 31.5 Å². The van der Waals surface area contributed by atoms with Gasteiger partial charge < -0.3 is 10.1 Å². The molecule has 3 nitrogen and oxygen atoms in total. The topological polar surface area (TPSA) is 38.3 Å². The molecule has 3 heteroatoms. The molecule has 0 radical (unpaired) electrons. The number of amides is 1. The van der Waals surface area contributed by atoms with E-state index in [0.29, 0.717) is 6.42 Å². The summed E-state index contributed by atoms with van der Waals surface area (Å²) < 4.78 is 5.43. The van der Waals surface area contributed by atoms with Gasteiger partial charge in [0.1, 0.15) is 5.75 Å². The van der Waals surface area contributed by atoms with Gasteiger partial charge in [0.25, 0.3) is 0 Å². The van der Waals surface area contributed by atoms with E-state index >= 15 is 0 Å². The zero-order valence-corrected chi connectivity index (χ0v) is 11.9. The number of carbonyl (C=O) groups is 1. The van der Waals surface area contributed by atoms with Crippen molar-refractivity contribution in [2.75, 3.05) is 13.7 Å². The molecular formula is C16H23NO2. The average molecular weight is 261 g/mol. The molecular weight excluding hydrogens is 238 g/mol. The Hall–Kier alpha value is -1.51. The molecule has 1 aromatic carbocycles. The predicted molar refractivity (Wildman–Crippen MR) is 76.4 cm³/mol. The predicted octanol–water partition coefficient (Wildman–Crippen LogP) is 3.03. The smallest absolute Gasteiger partial charge is 0.220 e. The van der Waals surface area contributed by atoms with Crippen molar-refractivity contribution >= 4 is 5.91 Å². The number of methoxy groups -OCH3 is 1. The summed E-state index contributed by atoms with van der Waals surface area (Å²) in [5.74, 6) is 1.10. The van der Waals surface area contributed by atoms with Crippen LogP contribution in [0.3, 0.4) is 0 Å². The Morgan fingerprint density at radius 3 is 2.74 bits per heavy atom. The zero-order chi connectivity index (χ0) is 13.7. The molecule has 0 bridgehead atoms. The van der Waals surface area contributed by atoms with Gasteiger partial charge in [0.2, 0.25) is 5.91 Å². The quantitative estimate of drug-likeness (QED) is 0.819. The van der Waals surface area contributed by atoms with Gasteiger partial charge in [-0.25, -0.2) is 0 Å². The number of hydrogen-bond acceptors (Lipinski definition) is 2. The molecule has 2 rings (SSSR count). The fraction of sp³-hybridized carbons (Fsp3) is 0.562. The first-order valence-corrected chi connectivity index (χ1v) is 7.12. The molecule has 0 unspecified atom stereocenters. The average Bonchev–Trinajstić information content (AvgIpc) is 3.24. The van der Waals surface area contributed by atoms with Crippen LogP contribution in [0.5, 0.6) is 5.75 Å². The molecule has 1 fully saturated rings. The molecule has 0 heterocycles. The van der Waals surface area contributed by atoms with E-state index in [1.165, 1.54) is 5.56 Å². The van der Waals surface area contributed by atoms with Crippen molar-refractivity contribution in [3.8, 4) is 5.75 Å². The Morgan fingerprint density at radius 1 is 1.37 bits per heavy atom. The summed E-state index contributed by atoms with van der Waals surface area (Å²) in [7, 11) is 1.70. The summed E-state index contributed by atoms with van der Waals surface area (Å²) in [6, 6.07) is 8.13. The van der Waals surface area contributed by atoms with Gasteiger partial charge in [0.05, 0.1) is 7.11 Å². The molecule has 19 heavy (non-hydrogen) atoms. The first-order valence-electron chi connectivity index (χ1n) is 7.12. The second kappa shape index (κ2) is 6.09. The Labute approximate surface area is 115 Å². The Kier molecular flexibility index (Phi) is 4.46. The summed E-state index contributed by atoms with van der Waals surface area (Å²) in [6.07, 6.45) is 4.92. The fourth-order valence-electron chi connectivity index (χ4n) is 2.47. The van der Waals surface area contributed by atoms with E-state index in [-0.39, 0.29) is 11.3 Å². The SMILES string of the molecule is CCCCC(=O)NCC1(c2ccccc2OC)CC1. The first kappa shape index (κ1) is 13.9. The van der Waals surface area contributed by atoms with Gasteiger partial charge in [0.15, 0.2) is 0 Å². The molecule has 1 aromatic rings. The minimum atomic E-state index is 0.106. The molecule has 0 saturated heterocycles. The van der Waals surface area contributed by atoms with Gasteiger partial charge in [-0.2, -0.15) is 0 Å². The fourth-order valence-corrected chi connectivity index (χ4v) is 2.47. The summed E-state index contributed by atoms with van der Waals surface area (Å²) >= 11 is 0. The highest BCUT2D eigenvalue weighted by atomic mass is 16.5. The molecule has 1 N–H and O–H groups in total. The van der Waals surface area contributed by atoms with E-state index in [0.717, 1.165) is 38.0 Å². The van der Waals surface area contributed by atoms with E-state index in [1.807, 2.05) is 18.2 Å². The van der Waals surface area contributed by atoms with Crippen LogP contribution in [0, 0.1) is 0 Å². The van der Waals surface area contributed by atoms with Crippen molar-refractivity contribution in [1.29, 1.82) is 0 Å². The van der Waals surface area contributed by atoms with Crippen molar-refractivity contribution in [3.63, 3.8) is 0 Å². The zero-order valence-electron chi connectivity index (χ0n) is 11.9. The molecule has 1 aliphatic rings. The maximum Gasteiger partial charge on any atom is 0.220 e. The van der Waals surface area contributed by atoms with Gasteiger partial charge >= 0.3 is 0 Å². The third-order valence-corrected chi connectivity index (χ3v) is 3.91. The standard InChI is InChI=1S/C16H23NO2/c1-3-4-9-15(18)17-12-16(10-11-16)13-7-5-6-8-14(13)19-2/h5-8H,3-4,9-12H2,1-2H3,(H,17,18). The number of benzene rings is 1. The van der Waals surface area contributed by atoms with Gasteiger partial charge in [0, 0.05) is 23.9 Å². The highest BCUT2D eigenvalue weighted by Crippen LogP contribution is 2.50. The number of rotatable bonds is 7. The van der Waals surface area contributed by atoms with Crippen LogP contribution >= 0.6 is 0 Å². The van der Waals surface area contributed by atoms with E-state index in [9.17, 15) is 4.79 Å². The normalized spacial score (nSPS) is 15.9. The van der Waals surface area contributed by atoms with Crippen LogP contribution in [0.25, 0.3) is 0 Å². The molecule has 1 saturated carbocycles. The van der Waals surface area contributed by atoms with E-state index in [4.69, 9.17) is 4.74 Å². The number of nitrogens with one attached hydrogen (secondary N) is 1.